The van der Waals surface area contributed by atoms with Gasteiger partial charge in [-0.3, -0.25) is 14.9 Å². The van der Waals surface area contributed by atoms with Gasteiger partial charge in [0.25, 0.3) is 11.6 Å². The molecule has 0 unspecified atom stereocenters. The summed E-state index contributed by atoms with van der Waals surface area (Å²) in [6.45, 7) is 1.38. The Balaban J connectivity index is 2.07. The van der Waals surface area contributed by atoms with Crippen LogP contribution in [-0.2, 0) is 9.53 Å². The number of nitro benzene ring substituents is 1. The van der Waals surface area contributed by atoms with E-state index >= 15 is 0 Å². The second kappa shape index (κ2) is 8.30. The highest BCUT2D eigenvalue weighted by Crippen LogP contribution is 2.28. The van der Waals surface area contributed by atoms with E-state index in [0.29, 0.717) is 16.5 Å². The molecule has 1 atom stereocenters. The molecule has 0 saturated heterocycles. The lowest BCUT2D eigenvalue weighted by molar-refractivity contribution is -0.384. The van der Waals surface area contributed by atoms with Crippen LogP contribution in [-0.4, -0.2) is 30.0 Å². The maximum absolute atomic E-state index is 12.2. The van der Waals surface area contributed by atoms with Crippen LogP contribution >= 0.6 is 11.6 Å². The van der Waals surface area contributed by atoms with E-state index < -0.39 is 22.9 Å². The summed E-state index contributed by atoms with van der Waals surface area (Å²) in [6, 6.07) is 9.72. The van der Waals surface area contributed by atoms with Crippen LogP contribution < -0.4 is 10.1 Å². The first-order valence-electron chi connectivity index (χ1n) is 7.41. The minimum atomic E-state index is -1.15. The third kappa shape index (κ3) is 4.70. The van der Waals surface area contributed by atoms with Gasteiger partial charge in [0.2, 0.25) is 0 Å². The first-order chi connectivity index (χ1) is 12.3. The summed E-state index contributed by atoms with van der Waals surface area (Å²) < 4.78 is 10.2. The third-order valence-electron chi connectivity index (χ3n) is 3.37. The van der Waals surface area contributed by atoms with Crippen LogP contribution in [0.2, 0.25) is 5.02 Å². The molecule has 8 nitrogen and oxygen atoms in total. The number of halogens is 1. The highest BCUT2D eigenvalue weighted by atomic mass is 35.5. The Kier molecular flexibility index (Phi) is 6.13. The van der Waals surface area contributed by atoms with E-state index in [-0.39, 0.29) is 11.3 Å². The highest BCUT2D eigenvalue weighted by Gasteiger charge is 2.21. The van der Waals surface area contributed by atoms with Crippen molar-refractivity contribution in [2.75, 3.05) is 12.4 Å². The Morgan fingerprint density at radius 3 is 2.62 bits per heavy atom. The maximum atomic E-state index is 12.2. The number of ether oxygens (including phenoxy) is 2. The van der Waals surface area contributed by atoms with Crippen molar-refractivity contribution < 1.29 is 24.0 Å². The number of esters is 1. The smallest absolute Gasteiger partial charge is 0.339 e. The molecule has 0 radical (unpaired) electrons. The van der Waals surface area contributed by atoms with Gasteiger partial charge in [0.1, 0.15) is 5.75 Å². The number of rotatable bonds is 6. The standard InChI is InChI=1S/C17H15ClN2O6/c1-10(16(21)19-14-9-12(18)6-7-15(14)25-2)26-17(22)11-4-3-5-13(8-11)20(23)24/h3-10H,1-2H3,(H,19,21)/t10-/m0/s1. The molecule has 26 heavy (non-hydrogen) atoms. The van der Waals surface area contributed by atoms with Crippen molar-refractivity contribution in [2.45, 2.75) is 13.0 Å². The van der Waals surface area contributed by atoms with Crippen molar-refractivity contribution in [2.24, 2.45) is 0 Å². The monoisotopic (exact) mass is 378 g/mol. The summed E-state index contributed by atoms with van der Waals surface area (Å²) in [7, 11) is 1.44. The molecule has 0 saturated carbocycles. The Hall–Kier alpha value is -3.13. The number of amides is 1. The summed E-state index contributed by atoms with van der Waals surface area (Å²) in [4.78, 5) is 34.5. The molecule has 1 N–H and O–H groups in total. The number of non-ortho nitro benzene ring substituents is 1. The normalized spacial score (nSPS) is 11.3. The van der Waals surface area contributed by atoms with Crippen LogP contribution in [0.1, 0.15) is 17.3 Å². The van der Waals surface area contributed by atoms with Crippen LogP contribution in [0.25, 0.3) is 0 Å². The van der Waals surface area contributed by atoms with Crippen LogP contribution in [0.5, 0.6) is 5.75 Å². The van der Waals surface area contributed by atoms with E-state index in [0.717, 1.165) is 6.07 Å². The van der Waals surface area contributed by atoms with Crippen molar-refractivity contribution in [1.29, 1.82) is 0 Å². The van der Waals surface area contributed by atoms with E-state index in [1.807, 2.05) is 0 Å². The zero-order chi connectivity index (χ0) is 19.3. The Labute approximate surface area is 153 Å². The lowest BCUT2D eigenvalue weighted by atomic mass is 10.2. The van der Waals surface area contributed by atoms with Crippen LogP contribution in [0.3, 0.4) is 0 Å². The number of benzene rings is 2. The Morgan fingerprint density at radius 2 is 1.96 bits per heavy atom. The SMILES string of the molecule is COc1ccc(Cl)cc1NC(=O)[C@H](C)OC(=O)c1cccc([N+](=O)[O-])c1. The number of hydrogen-bond donors (Lipinski definition) is 1. The highest BCUT2D eigenvalue weighted by molar-refractivity contribution is 6.31. The molecule has 0 aliphatic carbocycles. The first-order valence-corrected chi connectivity index (χ1v) is 7.79. The topological polar surface area (TPSA) is 108 Å². The fourth-order valence-electron chi connectivity index (χ4n) is 2.04. The number of carbonyl (C=O) groups is 2. The molecule has 0 aliphatic heterocycles. The molecular weight excluding hydrogens is 364 g/mol. The largest absolute Gasteiger partial charge is 0.495 e. The van der Waals surface area contributed by atoms with E-state index in [4.69, 9.17) is 21.1 Å². The van der Waals surface area contributed by atoms with Gasteiger partial charge in [0.15, 0.2) is 6.10 Å². The van der Waals surface area contributed by atoms with Gasteiger partial charge < -0.3 is 14.8 Å². The second-order valence-corrected chi connectivity index (χ2v) is 5.63. The fourth-order valence-corrected chi connectivity index (χ4v) is 2.21. The van der Waals surface area contributed by atoms with Gasteiger partial charge in [-0.15, -0.1) is 0 Å². The number of nitro groups is 1. The molecule has 0 aromatic heterocycles. The van der Waals surface area contributed by atoms with E-state index in [2.05, 4.69) is 5.32 Å². The molecule has 2 aromatic rings. The Bertz CT molecular complexity index is 855. The van der Waals surface area contributed by atoms with Crippen molar-refractivity contribution in [3.8, 4) is 5.75 Å². The molecule has 2 aromatic carbocycles. The number of nitrogens with zero attached hydrogens (tertiary/aromatic N) is 1. The molecule has 2 rings (SSSR count). The van der Waals surface area contributed by atoms with E-state index in [1.165, 1.54) is 38.3 Å². The van der Waals surface area contributed by atoms with Crippen LogP contribution in [0.4, 0.5) is 11.4 Å². The van der Waals surface area contributed by atoms with Gasteiger partial charge >= 0.3 is 5.97 Å². The van der Waals surface area contributed by atoms with Gasteiger partial charge in [0, 0.05) is 17.2 Å². The molecule has 0 bridgehead atoms. The number of anilines is 1. The fraction of sp³-hybridized carbons (Fsp3) is 0.176. The molecular formula is C17H15ClN2O6. The number of nitrogens with one attached hydrogen (secondary N) is 1. The molecule has 0 aliphatic rings. The van der Waals surface area contributed by atoms with Crippen molar-refractivity contribution in [3.63, 3.8) is 0 Å². The second-order valence-electron chi connectivity index (χ2n) is 5.19. The molecule has 1 amide bonds. The minimum Gasteiger partial charge on any atom is -0.495 e. The van der Waals surface area contributed by atoms with Gasteiger partial charge in [-0.1, -0.05) is 17.7 Å². The lowest BCUT2D eigenvalue weighted by Crippen LogP contribution is -2.30. The summed E-state index contributed by atoms with van der Waals surface area (Å²) >= 11 is 5.89. The average Bonchev–Trinajstić information content (AvgIpc) is 2.61. The maximum Gasteiger partial charge on any atom is 0.339 e. The summed E-state index contributed by atoms with van der Waals surface area (Å²) in [5.41, 5.74) is 0.0441. The van der Waals surface area contributed by atoms with Crippen LogP contribution in [0.15, 0.2) is 42.5 Å². The number of carbonyl (C=O) groups excluding carboxylic acids is 2. The van der Waals surface area contributed by atoms with Crippen molar-refractivity contribution >= 4 is 34.9 Å². The molecule has 136 valence electrons. The predicted molar refractivity (Wildman–Crippen MR) is 94.6 cm³/mol. The van der Waals surface area contributed by atoms with Gasteiger partial charge in [-0.25, -0.2) is 4.79 Å². The minimum absolute atomic E-state index is 0.0285. The van der Waals surface area contributed by atoms with E-state index in [9.17, 15) is 19.7 Å². The molecule has 0 spiro atoms. The summed E-state index contributed by atoms with van der Waals surface area (Å²) in [5, 5.41) is 13.7. The molecule has 0 fully saturated rings. The van der Waals surface area contributed by atoms with Gasteiger partial charge in [-0.2, -0.15) is 0 Å². The first kappa shape index (κ1) is 19.2. The zero-order valence-electron chi connectivity index (χ0n) is 13.9. The third-order valence-corrected chi connectivity index (χ3v) is 3.60. The average molecular weight is 379 g/mol. The molecule has 0 heterocycles. The van der Waals surface area contributed by atoms with Crippen molar-refractivity contribution in [1.82, 2.24) is 0 Å². The molecule has 9 heteroatoms. The van der Waals surface area contributed by atoms with E-state index in [1.54, 1.807) is 12.1 Å². The number of methoxy groups -OCH3 is 1. The lowest BCUT2D eigenvalue weighted by Gasteiger charge is -2.15. The van der Waals surface area contributed by atoms with Gasteiger partial charge in [0.05, 0.1) is 23.3 Å². The van der Waals surface area contributed by atoms with Crippen LogP contribution in [0, 0.1) is 10.1 Å². The zero-order valence-corrected chi connectivity index (χ0v) is 14.6. The van der Waals surface area contributed by atoms with Gasteiger partial charge in [-0.05, 0) is 31.2 Å². The quantitative estimate of drug-likeness (QED) is 0.468. The predicted octanol–water partition coefficient (Wildman–Crippen LogP) is 3.44. The summed E-state index contributed by atoms with van der Waals surface area (Å²) in [6.07, 6.45) is -1.15. The Morgan fingerprint density at radius 1 is 1.23 bits per heavy atom. The van der Waals surface area contributed by atoms with Crippen molar-refractivity contribution in [3.05, 3.63) is 63.2 Å². The number of hydrogen-bond acceptors (Lipinski definition) is 6. The summed E-state index contributed by atoms with van der Waals surface area (Å²) in [5.74, 6) is -1.07.